The van der Waals surface area contributed by atoms with E-state index >= 15 is 0 Å². The maximum absolute atomic E-state index is 12.8. The van der Waals surface area contributed by atoms with Crippen molar-refractivity contribution in [1.82, 2.24) is 19.9 Å². The Balaban J connectivity index is 0.00000363. The van der Waals surface area contributed by atoms with E-state index in [0.29, 0.717) is 45.2 Å². The lowest BCUT2D eigenvalue weighted by Crippen LogP contribution is -2.50. The maximum atomic E-state index is 12.8. The summed E-state index contributed by atoms with van der Waals surface area (Å²) in [5, 5.41) is 6.39. The van der Waals surface area contributed by atoms with Gasteiger partial charge in [-0.15, -0.1) is 24.0 Å². The lowest BCUT2D eigenvalue weighted by Gasteiger charge is -2.34. The van der Waals surface area contributed by atoms with Gasteiger partial charge in [0.05, 0.1) is 5.75 Å². The van der Waals surface area contributed by atoms with E-state index in [9.17, 15) is 8.42 Å². The molecule has 2 aromatic rings. The molecular weight excluding hydrogens is 539 g/mol. The summed E-state index contributed by atoms with van der Waals surface area (Å²) in [7, 11) is -1.64. The van der Waals surface area contributed by atoms with Crippen molar-refractivity contribution in [3.63, 3.8) is 0 Å². The highest BCUT2D eigenvalue weighted by Crippen LogP contribution is 2.14. The highest BCUT2D eigenvalue weighted by atomic mass is 127. The molecule has 32 heavy (non-hydrogen) atoms. The second-order valence-corrected chi connectivity index (χ2v) is 9.45. The average Bonchev–Trinajstić information content (AvgIpc) is 2.82. The zero-order valence-electron chi connectivity index (χ0n) is 18.7. The fourth-order valence-electron chi connectivity index (χ4n) is 3.64. The minimum absolute atomic E-state index is 0. The van der Waals surface area contributed by atoms with E-state index in [-0.39, 0.29) is 29.7 Å². The minimum atomic E-state index is -3.33. The van der Waals surface area contributed by atoms with Gasteiger partial charge in [0.1, 0.15) is 5.82 Å². The summed E-state index contributed by atoms with van der Waals surface area (Å²) >= 11 is 0. The maximum Gasteiger partial charge on any atom is 0.215 e. The van der Waals surface area contributed by atoms with Crippen LogP contribution in [-0.4, -0.2) is 69.2 Å². The monoisotopic (exact) mass is 572 g/mol. The van der Waals surface area contributed by atoms with Crippen molar-refractivity contribution in [2.45, 2.75) is 19.9 Å². The van der Waals surface area contributed by atoms with Crippen LogP contribution in [0.15, 0.2) is 53.7 Å². The molecule has 0 bridgehead atoms. The summed E-state index contributed by atoms with van der Waals surface area (Å²) in [5.41, 5.74) is 2.50. The van der Waals surface area contributed by atoms with Crippen molar-refractivity contribution in [2.24, 2.45) is 4.99 Å². The number of rotatable bonds is 8. The van der Waals surface area contributed by atoms with Crippen LogP contribution in [0, 0.1) is 0 Å². The molecule has 0 amide bonds. The molecule has 1 fully saturated rings. The normalized spacial score (nSPS) is 15.2. The third kappa shape index (κ3) is 7.31. The molecule has 0 radical (unpaired) electrons. The highest BCUT2D eigenvalue weighted by molar-refractivity contribution is 14.0. The number of anilines is 1. The summed E-state index contributed by atoms with van der Waals surface area (Å²) in [6.45, 7) is 5.31. The first kappa shape index (κ1) is 26.3. The molecule has 2 N–H and O–H groups in total. The number of pyridine rings is 1. The van der Waals surface area contributed by atoms with E-state index in [1.54, 1.807) is 17.5 Å². The number of nitrogens with one attached hydrogen (secondary N) is 2. The summed E-state index contributed by atoms with van der Waals surface area (Å²) in [6, 6.07) is 14.0. The predicted molar refractivity (Wildman–Crippen MR) is 141 cm³/mol. The van der Waals surface area contributed by atoms with Crippen molar-refractivity contribution in [3.8, 4) is 0 Å². The number of benzene rings is 1. The lowest BCUT2D eigenvalue weighted by molar-refractivity contribution is 0.384. The van der Waals surface area contributed by atoms with Crippen LogP contribution < -0.4 is 15.5 Å². The summed E-state index contributed by atoms with van der Waals surface area (Å²) in [4.78, 5) is 10.7. The number of sulfonamides is 1. The molecule has 8 nitrogen and oxygen atoms in total. The van der Waals surface area contributed by atoms with Crippen molar-refractivity contribution < 1.29 is 8.42 Å². The number of hydrogen-bond donors (Lipinski definition) is 2. The van der Waals surface area contributed by atoms with Crippen molar-refractivity contribution >= 4 is 45.8 Å². The van der Waals surface area contributed by atoms with Crippen LogP contribution >= 0.6 is 24.0 Å². The van der Waals surface area contributed by atoms with E-state index in [2.05, 4.69) is 44.6 Å². The number of nitrogens with zero attached hydrogens (tertiary/aromatic N) is 4. The Morgan fingerprint density at radius 3 is 2.34 bits per heavy atom. The summed E-state index contributed by atoms with van der Waals surface area (Å²) < 4.78 is 27.1. The number of guanidine groups is 1. The van der Waals surface area contributed by atoms with E-state index in [1.165, 1.54) is 11.1 Å². The molecule has 3 rings (SSSR count). The third-order valence-corrected chi connectivity index (χ3v) is 7.30. The molecule has 0 aliphatic carbocycles. The van der Waals surface area contributed by atoms with Gasteiger partial charge in [-0.25, -0.2) is 13.4 Å². The molecule has 1 aromatic carbocycles. The Morgan fingerprint density at radius 2 is 1.72 bits per heavy atom. The summed E-state index contributed by atoms with van der Waals surface area (Å²) in [5.74, 6) is 1.52. The van der Waals surface area contributed by atoms with Crippen LogP contribution in [-0.2, 0) is 23.0 Å². The zero-order valence-corrected chi connectivity index (χ0v) is 21.8. The molecule has 1 saturated heterocycles. The first-order valence-corrected chi connectivity index (χ1v) is 12.3. The van der Waals surface area contributed by atoms with Crippen molar-refractivity contribution in [1.29, 1.82) is 0 Å². The van der Waals surface area contributed by atoms with Crippen LogP contribution in [0.5, 0.6) is 0 Å². The van der Waals surface area contributed by atoms with Gasteiger partial charge in [0.25, 0.3) is 0 Å². The van der Waals surface area contributed by atoms with E-state index in [4.69, 9.17) is 0 Å². The lowest BCUT2D eigenvalue weighted by atomic mass is 10.1. The number of aromatic nitrogens is 1. The quantitative estimate of drug-likeness (QED) is 0.286. The molecule has 1 aromatic heterocycles. The molecule has 0 unspecified atom stereocenters. The molecule has 176 valence electrons. The van der Waals surface area contributed by atoms with Crippen LogP contribution in [0.3, 0.4) is 0 Å². The van der Waals surface area contributed by atoms with E-state index in [0.717, 1.165) is 12.2 Å². The number of piperazine rings is 1. The van der Waals surface area contributed by atoms with Gasteiger partial charge >= 0.3 is 0 Å². The van der Waals surface area contributed by atoms with Crippen LogP contribution in [0.1, 0.15) is 18.1 Å². The van der Waals surface area contributed by atoms with Gasteiger partial charge in [-0.3, -0.25) is 4.99 Å². The van der Waals surface area contributed by atoms with Crippen molar-refractivity contribution in [2.75, 3.05) is 50.4 Å². The Kier molecular flexibility index (Phi) is 10.7. The second kappa shape index (κ2) is 12.9. The van der Waals surface area contributed by atoms with Crippen molar-refractivity contribution in [3.05, 3.63) is 59.8 Å². The average molecular weight is 573 g/mol. The van der Waals surface area contributed by atoms with E-state index < -0.39 is 10.0 Å². The van der Waals surface area contributed by atoms with Gasteiger partial charge in [-0.2, -0.15) is 4.31 Å². The standard InChI is InChI=1S/C22H32N6O2S.HI/c1-3-19-8-4-5-9-20(19)18-26-22(23-2)25-12-17-31(29,30)28-15-13-27(14-16-28)21-10-6-7-11-24-21;/h4-11H,3,12-18H2,1-2H3,(H2,23,25,26);1H. The molecular formula is C22H33IN6O2S. The molecule has 0 spiro atoms. The molecule has 10 heteroatoms. The fourth-order valence-corrected chi connectivity index (χ4v) is 4.98. The molecule has 0 saturated carbocycles. The number of hydrogen-bond acceptors (Lipinski definition) is 5. The highest BCUT2D eigenvalue weighted by Gasteiger charge is 2.27. The molecule has 2 heterocycles. The first-order chi connectivity index (χ1) is 15.0. The number of halogens is 1. The van der Waals surface area contributed by atoms with Crippen LogP contribution in [0.25, 0.3) is 0 Å². The van der Waals surface area contributed by atoms with Gasteiger partial charge in [0, 0.05) is 52.5 Å². The Labute approximate surface area is 208 Å². The largest absolute Gasteiger partial charge is 0.355 e. The number of aryl methyl sites for hydroxylation is 1. The summed E-state index contributed by atoms with van der Waals surface area (Å²) in [6.07, 6.45) is 2.72. The van der Waals surface area contributed by atoms with Gasteiger partial charge in [0.2, 0.25) is 10.0 Å². The minimum Gasteiger partial charge on any atom is -0.355 e. The number of aliphatic imine (C=N–C) groups is 1. The SMILES string of the molecule is CCc1ccccc1CNC(=NC)NCCS(=O)(=O)N1CCN(c2ccccn2)CC1.I. The molecule has 1 aliphatic heterocycles. The topological polar surface area (TPSA) is 89.9 Å². The Hall–Kier alpha value is -1.92. The molecule has 0 atom stereocenters. The van der Waals surface area contributed by atoms with Gasteiger partial charge in [0.15, 0.2) is 5.96 Å². The third-order valence-electron chi connectivity index (χ3n) is 5.43. The molecule has 1 aliphatic rings. The Bertz CT molecular complexity index is 963. The van der Waals surface area contributed by atoms with Crippen LogP contribution in [0.4, 0.5) is 5.82 Å². The second-order valence-electron chi connectivity index (χ2n) is 7.36. The Morgan fingerprint density at radius 1 is 1.03 bits per heavy atom. The first-order valence-electron chi connectivity index (χ1n) is 10.7. The van der Waals surface area contributed by atoms with Gasteiger partial charge in [-0.05, 0) is 29.7 Å². The zero-order chi connectivity index (χ0) is 22.1. The predicted octanol–water partition coefficient (Wildman–Crippen LogP) is 2.08. The smallest absolute Gasteiger partial charge is 0.215 e. The van der Waals surface area contributed by atoms with Gasteiger partial charge < -0.3 is 15.5 Å². The van der Waals surface area contributed by atoms with Gasteiger partial charge in [-0.1, -0.05) is 37.3 Å². The van der Waals surface area contributed by atoms with Crippen LogP contribution in [0.2, 0.25) is 0 Å². The van der Waals surface area contributed by atoms with E-state index in [1.807, 2.05) is 30.3 Å². The fraction of sp³-hybridized carbons (Fsp3) is 0.455.